The van der Waals surface area contributed by atoms with Crippen LogP contribution in [0.1, 0.15) is 19.4 Å². The van der Waals surface area contributed by atoms with Crippen molar-refractivity contribution in [2.45, 2.75) is 32.7 Å². The fourth-order valence-corrected chi connectivity index (χ4v) is 1.96. The van der Waals surface area contributed by atoms with Crippen LogP contribution in [0.15, 0.2) is 18.2 Å². The number of aryl methyl sites for hydroxylation is 1. The summed E-state index contributed by atoms with van der Waals surface area (Å²) in [5.41, 5.74) is 0.667. The molecule has 1 saturated heterocycles. The van der Waals surface area contributed by atoms with Crippen molar-refractivity contribution in [2.24, 2.45) is 0 Å². The number of rotatable bonds is 4. The molecule has 0 unspecified atom stereocenters. The quantitative estimate of drug-likeness (QED) is 0.619. The molecule has 2 rings (SSSR count). The van der Waals surface area contributed by atoms with Crippen LogP contribution < -0.4 is 4.74 Å². The van der Waals surface area contributed by atoms with Crippen LogP contribution >= 0.6 is 0 Å². The van der Waals surface area contributed by atoms with E-state index in [4.69, 9.17) is 14.2 Å². The molecule has 6 heteroatoms. The summed E-state index contributed by atoms with van der Waals surface area (Å²) in [6.45, 7) is 6.23. The predicted molar refractivity (Wildman–Crippen MR) is 68.2 cm³/mol. The van der Waals surface area contributed by atoms with Gasteiger partial charge in [-0.05, 0) is 32.9 Å². The minimum absolute atomic E-state index is 0.0916. The molecule has 1 fully saturated rings. The van der Waals surface area contributed by atoms with E-state index in [1.807, 2.05) is 13.8 Å². The average Bonchev–Trinajstić information content (AvgIpc) is 2.66. The van der Waals surface area contributed by atoms with Gasteiger partial charge in [-0.2, -0.15) is 0 Å². The van der Waals surface area contributed by atoms with Gasteiger partial charge in [-0.25, -0.2) is 0 Å². The maximum absolute atomic E-state index is 10.7. The summed E-state index contributed by atoms with van der Waals surface area (Å²) in [5, 5.41) is 10.7. The Kier molecular flexibility index (Phi) is 3.73. The molecule has 0 spiro atoms. The van der Waals surface area contributed by atoms with Crippen LogP contribution in [0.25, 0.3) is 0 Å². The molecule has 0 radical (unpaired) electrons. The van der Waals surface area contributed by atoms with Gasteiger partial charge in [0.15, 0.2) is 5.79 Å². The SMILES string of the molecule is Cc1cc(OC[C@@H]2COC(C)(C)O2)ccc1[N+](=O)[O-]. The Morgan fingerprint density at radius 2 is 2.26 bits per heavy atom. The molecule has 1 atom stereocenters. The van der Waals surface area contributed by atoms with Crippen molar-refractivity contribution in [3.05, 3.63) is 33.9 Å². The summed E-state index contributed by atoms with van der Waals surface area (Å²) in [6, 6.07) is 4.69. The number of ether oxygens (including phenoxy) is 3. The number of nitro groups is 1. The predicted octanol–water partition coefficient (Wildman–Crippen LogP) is 2.43. The van der Waals surface area contributed by atoms with Crippen molar-refractivity contribution >= 4 is 5.69 Å². The van der Waals surface area contributed by atoms with Gasteiger partial charge in [0.25, 0.3) is 5.69 Å². The summed E-state index contributed by atoms with van der Waals surface area (Å²) in [5.74, 6) is 0.0239. The van der Waals surface area contributed by atoms with Crippen molar-refractivity contribution in [1.29, 1.82) is 0 Å². The highest BCUT2D eigenvalue weighted by atomic mass is 16.7. The second-order valence-corrected chi connectivity index (χ2v) is 4.97. The lowest BCUT2D eigenvalue weighted by molar-refractivity contribution is -0.385. The highest BCUT2D eigenvalue weighted by Gasteiger charge is 2.32. The van der Waals surface area contributed by atoms with E-state index in [1.165, 1.54) is 6.07 Å². The summed E-state index contributed by atoms with van der Waals surface area (Å²) in [4.78, 5) is 10.3. The van der Waals surface area contributed by atoms with Gasteiger partial charge in [0, 0.05) is 11.6 Å². The van der Waals surface area contributed by atoms with E-state index in [2.05, 4.69) is 0 Å². The molecule has 104 valence electrons. The summed E-state index contributed by atoms with van der Waals surface area (Å²) < 4.78 is 16.6. The standard InChI is InChI=1S/C13H17NO5/c1-9-6-10(4-5-12(9)14(15)16)17-7-11-8-18-13(2,3)19-11/h4-6,11H,7-8H2,1-3H3/t11-/m1/s1. The molecule has 6 nitrogen and oxygen atoms in total. The van der Waals surface area contributed by atoms with E-state index in [0.717, 1.165) is 0 Å². The molecule has 1 aromatic rings. The first-order valence-electron chi connectivity index (χ1n) is 6.07. The van der Waals surface area contributed by atoms with Crippen molar-refractivity contribution in [3.63, 3.8) is 0 Å². The lowest BCUT2D eigenvalue weighted by atomic mass is 10.2. The first-order chi connectivity index (χ1) is 8.87. The molecule has 0 saturated carbocycles. The van der Waals surface area contributed by atoms with Crippen molar-refractivity contribution < 1.29 is 19.1 Å². The van der Waals surface area contributed by atoms with Gasteiger partial charge >= 0.3 is 0 Å². The van der Waals surface area contributed by atoms with Crippen LogP contribution in [0.2, 0.25) is 0 Å². The van der Waals surface area contributed by atoms with E-state index >= 15 is 0 Å². The third-order valence-electron chi connectivity index (χ3n) is 2.87. The zero-order valence-electron chi connectivity index (χ0n) is 11.2. The summed E-state index contributed by atoms with van der Waals surface area (Å²) in [6.07, 6.45) is -0.120. The molecule has 19 heavy (non-hydrogen) atoms. The zero-order chi connectivity index (χ0) is 14.0. The van der Waals surface area contributed by atoms with E-state index in [9.17, 15) is 10.1 Å². The first kappa shape index (κ1) is 13.8. The lowest BCUT2D eigenvalue weighted by Crippen LogP contribution is -2.25. The average molecular weight is 267 g/mol. The molecular formula is C13H17NO5. The molecule has 1 aliphatic heterocycles. The molecule has 0 aromatic heterocycles. The largest absolute Gasteiger partial charge is 0.491 e. The van der Waals surface area contributed by atoms with Crippen LogP contribution in [0, 0.1) is 17.0 Å². The summed E-state index contributed by atoms with van der Waals surface area (Å²) >= 11 is 0. The van der Waals surface area contributed by atoms with Gasteiger partial charge in [0.2, 0.25) is 0 Å². The van der Waals surface area contributed by atoms with Gasteiger partial charge < -0.3 is 14.2 Å². The van der Waals surface area contributed by atoms with Crippen LogP contribution in [-0.2, 0) is 9.47 Å². The maximum atomic E-state index is 10.7. The third-order valence-corrected chi connectivity index (χ3v) is 2.87. The highest BCUT2D eigenvalue weighted by molar-refractivity contribution is 5.44. The van der Waals surface area contributed by atoms with E-state index < -0.39 is 10.7 Å². The Hall–Kier alpha value is -1.66. The lowest BCUT2D eigenvalue weighted by Gasteiger charge is -2.17. The molecule has 1 aliphatic rings. The Balaban J connectivity index is 1.94. The second-order valence-electron chi connectivity index (χ2n) is 4.97. The van der Waals surface area contributed by atoms with E-state index in [0.29, 0.717) is 24.5 Å². The Bertz CT molecular complexity index is 486. The number of nitrogens with zero attached hydrogens (tertiary/aromatic N) is 1. The monoisotopic (exact) mass is 267 g/mol. The fourth-order valence-electron chi connectivity index (χ4n) is 1.96. The Labute approximate surface area is 111 Å². The first-order valence-corrected chi connectivity index (χ1v) is 6.07. The van der Waals surface area contributed by atoms with Gasteiger partial charge in [-0.15, -0.1) is 0 Å². The topological polar surface area (TPSA) is 70.8 Å². The number of nitro benzene ring substituents is 1. The fraction of sp³-hybridized carbons (Fsp3) is 0.538. The molecular weight excluding hydrogens is 250 g/mol. The van der Waals surface area contributed by atoms with Crippen molar-refractivity contribution in [1.82, 2.24) is 0 Å². The third kappa shape index (κ3) is 3.42. The van der Waals surface area contributed by atoms with E-state index in [1.54, 1.807) is 19.1 Å². The molecule has 0 aliphatic carbocycles. The van der Waals surface area contributed by atoms with Crippen LogP contribution in [-0.4, -0.2) is 30.0 Å². The molecule has 1 heterocycles. The maximum Gasteiger partial charge on any atom is 0.272 e. The minimum Gasteiger partial charge on any atom is -0.491 e. The number of hydrogen-bond donors (Lipinski definition) is 0. The van der Waals surface area contributed by atoms with E-state index in [-0.39, 0.29) is 11.8 Å². The van der Waals surface area contributed by atoms with Crippen LogP contribution in [0.4, 0.5) is 5.69 Å². The zero-order valence-corrected chi connectivity index (χ0v) is 11.2. The smallest absolute Gasteiger partial charge is 0.272 e. The second kappa shape index (κ2) is 5.14. The van der Waals surface area contributed by atoms with Gasteiger partial charge in [-0.1, -0.05) is 0 Å². The normalized spacial score (nSPS) is 21.3. The minimum atomic E-state index is -0.570. The van der Waals surface area contributed by atoms with Crippen LogP contribution in [0.5, 0.6) is 5.75 Å². The summed E-state index contributed by atoms with van der Waals surface area (Å²) in [7, 11) is 0. The Morgan fingerprint density at radius 3 is 2.79 bits per heavy atom. The van der Waals surface area contributed by atoms with Gasteiger partial charge in [0.1, 0.15) is 18.5 Å². The number of benzene rings is 1. The highest BCUT2D eigenvalue weighted by Crippen LogP contribution is 2.25. The molecule has 1 aromatic carbocycles. The van der Waals surface area contributed by atoms with Crippen molar-refractivity contribution in [3.8, 4) is 5.75 Å². The van der Waals surface area contributed by atoms with Gasteiger partial charge in [-0.3, -0.25) is 10.1 Å². The van der Waals surface area contributed by atoms with Gasteiger partial charge in [0.05, 0.1) is 11.5 Å². The molecule has 0 bridgehead atoms. The molecule has 0 N–H and O–H groups in total. The van der Waals surface area contributed by atoms with Crippen LogP contribution in [0.3, 0.4) is 0 Å². The van der Waals surface area contributed by atoms with Crippen molar-refractivity contribution in [2.75, 3.05) is 13.2 Å². The Morgan fingerprint density at radius 1 is 1.53 bits per heavy atom. The molecule has 0 amide bonds. The number of hydrogen-bond acceptors (Lipinski definition) is 5.